The Labute approximate surface area is 141 Å². The number of hydrogen-bond acceptors (Lipinski definition) is 6. The quantitative estimate of drug-likeness (QED) is 0.266. The van der Waals surface area contributed by atoms with Crippen molar-refractivity contribution in [2.75, 3.05) is 4.90 Å². The lowest BCUT2D eigenvalue weighted by atomic mass is 9.97. The molecule has 7 heteroatoms. The number of amides is 1. The van der Waals surface area contributed by atoms with Gasteiger partial charge in [-0.25, -0.2) is 4.79 Å². The molecule has 0 aromatic heterocycles. The highest BCUT2D eigenvalue weighted by molar-refractivity contribution is 6.54. The molecular weight excluding hydrogens is 326 g/mol. The number of benzene rings is 2. The zero-order valence-electron chi connectivity index (χ0n) is 12.7. The van der Waals surface area contributed by atoms with Gasteiger partial charge in [-0.1, -0.05) is 42.5 Å². The number of aliphatic hydroxyl groups excluding tert-OH is 1. The fourth-order valence-electron chi connectivity index (χ4n) is 3.01. The van der Waals surface area contributed by atoms with Crippen LogP contribution >= 0.6 is 0 Å². The molecule has 0 saturated carbocycles. The molecule has 2 aromatic carbocycles. The molecule has 2 heterocycles. The standard InChI is InChI=1S/C18H11NO6/c20-14(10-6-2-1-3-7-10)13-15(21)16(22)19-11-8-4-5-9-12(11)25-17(23)18(13,19)24/h1-9,20,24H/t18-/m1/s1. The number of fused-ring (bicyclic) bond motifs is 3. The fourth-order valence-corrected chi connectivity index (χ4v) is 3.01. The number of Topliss-reactive ketones (excluding diaryl/α,β-unsaturated/α-hetero) is 1. The van der Waals surface area contributed by atoms with Crippen LogP contribution in [-0.2, 0) is 14.4 Å². The summed E-state index contributed by atoms with van der Waals surface area (Å²) in [4.78, 5) is 38.0. The van der Waals surface area contributed by atoms with Gasteiger partial charge in [0.2, 0.25) is 0 Å². The van der Waals surface area contributed by atoms with Crippen LogP contribution in [-0.4, -0.2) is 33.6 Å². The first-order chi connectivity index (χ1) is 12.0. The lowest BCUT2D eigenvalue weighted by molar-refractivity contribution is -0.153. The van der Waals surface area contributed by atoms with Crippen molar-refractivity contribution >= 4 is 29.1 Å². The van der Waals surface area contributed by atoms with Gasteiger partial charge in [-0.3, -0.25) is 14.5 Å². The highest BCUT2D eigenvalue weighted by Gasteiger charge is 2.65. The van der Waals surface area contributed by atoms with Crippen LogP contribution in [0.1, 0.15) is 5.56 Å². The van der Waals surface area contributed by atoms with E-state index in [0.717, 1.165) is 0 Å². The minimum Gasteiger partial charge on any atom is -0.507 e. The van der Waals surface area contributed by atoms with Gasteiger partial charge in [0.1, 0.15) is 11.3 Å². The molecule has 2 N–H and O–H groups in total. The number of rotatable bonds is 1. The minimum absolute atomic E-state index is 0.0405. The number of ether oxygens (including phenoxy) is 1. The number of aliphatic hydroxyl groups is 2. The molecule has 0 aliphatic carbocycles. The zero-order chi connectivity index (χ0) is 17.8. The monoisotopic (exact) mass is 337 g/mol. The van der Waals surface area contributed by atoms with Crippen LogP contribution in [0.2, 0.25) is 0 Å². The van der Waals surface area contributed by atoms with Crippen LogP contribution in [0.5, 0.6) is 5.75 Å². The Morgan fingerprint density at radius 1 is 0.960 bits per heavy atom. The van der Waals surface area contributed by atoms with Crippen LogP contribution in [0.3, 0.4) is 0 Å². The Balaban J connectivity index is 2.00. The van der Waals surface area contributed by atoms with Gasteiger partial charge >= 0.3 is 11.9 Å². The second kappa shape index (κ2) is 5.02. The Kier molecular flexibility index (Phi) is 3.03. The molecule has 0 radical (unpaired) electrons. The minimum atomic E-state index is -2.72. The van der Waals surface area contributed by atoms with E-state index in [1.807, 2.05) is 0 Å². The number of carbonyl (C=O) groups excluding carboxylic acids is 3. The van der Waals surface area contributed by atoms with Crippen molar-refractivity contribution in [1.29, 1.82) is 0 Å². The van der Waals surface area contributed by atoms with Gasteiger partial charge in [0.05, 0.1) is 5.69 Å². The van der Waals surface area contributed by atoms with E-state index in [0.29, 0.717) is 4.90 Å². The predicted molar refractivity (Wildman–Crippen MR) is 85.5 cm³/mol. The average Bonchev–Trinajstić information content (AvgIpc) is 2.83. The summed E-state index contributed by atoms with van der Waals surface area (Å²) < 4.78 is 5.08. The molecule has 0 spiro atoms. The summed E-state index contributed by atoms with van der Waals surface area (Å²) in [7, 11) is 0. The summed E-state index contributed by atoms with van der Waals surface area (Å²) in [5, 5.41) is 21.4. The third kappa shape index (κ3) is 1.87. The van der Waals surface area contributed by atoms with Gasteiger partial charge in [0.15, 0.2) is 5.75 Å². The lowest BCUT2D eigenvalue weighted by Crippen LogP contribution is -2.57. The number of ketones is 1. The molecule has 2 aliphatic rings. The highest BCUT2D eigenvalue weighted by Crippen LogP contribution is 2.46. The van der Waals surface area contributed by atoms with E-state index in [2.05, 4.69) is 0 Å². The number of hydrogen-bond donors (Lipinski definition) is 2. The van der Waals surface area contributed by atoms with Crippen molar-refractivity contribution in [1.82, 2.24) is 0 Å². The molecule has 2 aromatic rings. The molecule has 2 aliphatic heterocycles. The molecule has 25 heavy (non-hydrogen) atoms. The zero-order valence-corrected chi connectivity index (χ0v) is 12.7. The summed E-state index contributed by atoms with van der Waals surface area (Å²) in [6, 6.07) is 13.9. The molecular formula is C18H11NO6. The molecule has 0 unspecified atom stereocenters. The van der Waals surface area contributed by atoms with E-state index < -0.39 is 34.7 Å². The molecule has 1 amide bonds. The van der Waals surface area contributed by atoms with Crippen LogP contribution in [0.15, 0.2) is 60.2 Å². The lowest BCUT2D eigenvalue weighted by Gasteiger charge is -2.36. The fraction of sp³-hybridized carbons (Fsp3) is 0.0556. The first-order valence-corrected chi connectivity index (χ1v) is 7.38. The van der Waals surface area contributed by atoms with Crippen molar-refractivity contribution in [3.63, 3.8) is 0 Å². The van der Waals surface area contributed by atoms with E-state index in [4.69, 9.17) is 4.74 Å². The maximum absolute atomic E-state index is 12.5. The molecule has 1 saturated heterocycles. The van der Waals surface area contributed by atoms with E-state index in [1.165, 1.54) is 24.3 Å². The van der Waals surface area contributed by atoms with E-state index in [1.54, 1.807) is 30.3 Å². The van der Waals surface area contributed by atoms with Crippen molar-refractivity contribution in [2.45, 2.75) is 5.72 Å². The van der Waals surface area contributed by atoms with Gasteiger partial charge < -0.3 is 14.9 Å². The summed E-state index contributed by atoms with van der Waals surface area (Å²) >= 11 is 0. The van der Waals surface area contributed by atoms with Crippen molar-refractivity contribution in [2.24, 2.45) is 0 Å². The summed E-state index contributed by atoms with van der Waals surface area (Å²) in [6.07, 6.45) is 0. The maximum atomic E-state index is 12.5. The molecule has 1 fully saturated rings. The number of carbonyl (C=O) groups is 3. The van der Waals surface area contributed by atoms with Crippen LogP contribution in [0, 0.1) is 0 Å². The Morgan fingerprint density at radius 3 is 2.32 bits per heavy atom. The third-order valence-electron chi connectivity index (χ3n) is 4.17. The third-order valence-corrected chi connectivity index (χ3v) is 4.17. The normalized spacial score (nSPS) is 23.9. The predicted octanol–water partition coefficient (Wildman–Crippen LogP) is 1.18. The number of nitrogens with zero attached hydrogens (tertiary/aromatic N) is 1. The van der Waals surface area contributed by atoms with E-state index in [-0.39, 0.29) is 17.0 Å². The van der Waals surface area contributed by atoms with Crippen LogP contribution in [0.25, 0.3) is 5.76 Å². The first kappa shape index (κ1) is 15.1. The van der Waals surface area contributed by atoms with Crippen molar-refractivity contribution in [3.05, 3.63) is 65.7 Å². The molecule has 7 nitrogen and oxygen atoms in total. The van der Waals surface area contributed by atoms with Gasteiger partial charge in [0, 0.05) is 5.56 Å². The van der Waals surface area contributed by atoms with E-state index in [9.17, 15) is 24.6 Å². The van der Waals surface area contributed by atoms with Crippen LogP contribution in [0.4, 0.5) is 5.69 Å². The Morgan fingerprint density at radius 2 is 1.60 bits per heavy atom. The summed E-state index contributed by atoms with van der Waals surface area (Å²) in [5.74, 6) is -4.14. The van der Waals surface area contributed by atoms with Crippen LogP contribution < -0.4 is 9.64 Å². The molecule has 0 bridgehead atoms. The Bertz CT molecular complexity index is 965. The van der Waals surface area contributed by atoms with Gasteiger partial charge in [-0.05, 0) is 12.1 Å². The SMILES string of the molecule is O=C1C(=O)N2c3ccccc3OC(=O)[C@]2(O)C1=C(O)c1ccccc1. The van der Waals surface area contributed by atoms with Crippen molar-refractivity contribution in [3.8, 4) is 5.75 Å². The number of esters is 1. The first-order valence-electron chi connectivity index (χ1n) is 7.38. The molecule has 124 valence electrons. The summed E-state index contributed by atoms with van der Waals surface area (Å²) in [6.45, 7) is 0. The maximum Gasteiger partial charge on any atom is 0.371 e. The second-order valence-corrected chi connectivity index (χ2v) is 5.59. The average molecular weight is 337 g/mol. The Hall–Kier alpha value is -3.45. The second-order valence-electron chi connectivity index (χ2n) is 5.59. The smallest absolute Gasteiger partial charge is 0.371 e. The highest BCUT2D eigenvalue weighted by atomic mass is 16.6. The topological polar surface area (TPSA) is 104 Å². The van der Waals surface area contributed by atoms with E-state index >= 15 is 0 Å². The van der Waals surface area contributed by atoms with Gasteiger partial charge in [-0.15, -0.1) is 0 Å². The summed E-state index contributed by atoms with van der Waals surface area (Å²) in [5.41, 5.74) is -3.19. The number of para-hydroxylation sites is 2. The van der Waals surface area contributed by atoms with Crippen molar-refractivity contribution < 1.29 is 29.3 Å². The number of anilines is 1. The van der Waals surface area contributed by atoms with Gasteiger partial charge in [-0.2, -0.15) is 0 Å². The largest absolute Gasteiger partial charge is 0.507 e. The molecule has 4 rings (SSSR count). The molecule has 1 atom stereocenters. The van der Waals surface area contributed by atoms with Gasteiger partial charge in [0.25, 0.3) is 11.5 Å².